The van der Waals surface area contributed by atoms with Gasteiger partial charge in [-0.2, -0.15) is 0 Å². The lowest BCUT2D eigenvalue weighted by molar-refractivity contribution is 0.300. The average molecular weight is 232 g/mol. The topological polar surface area (TPSA) is 38.5 Å². The molecule has 0 amide bonds. The van der Waals surface area contributed by atoms with E-state index < -0.39 is 0 Å². The quantitative estimate of drug-likeness (QED) is 0.811. The SMILES string of the molecule is Nc1ccc(OCC2CC2)cc1N1CCCC1. The lowest BCUT2D eigenvalue weighted by atomic mass is 10.2. The van der Waals surface area contributed by atoms with Crippen LogP contribution in [0.2, 0.25) is 0 Å². The monoisotopic (exact) mass is 232 g/mol. The van der Waals surface area contributed by atoms with Gasteiger partial charge in [-0.1, -0.05) is 0 Å². The van der Waals surface area contributed by atoms with Crippen LogP contribution in [-0.2, 0) is 0 Å². The fourth-order valence-corrected chi connectivity index (χ4v) is 2.34. The highest BCUT2D eigenvalue weighted by Gasteiger charge is 2.22. The minimum Gasteiger partial charge on any atom is -0.493 e. The maximum atomic E-state index is 6.04. The smallest absolute Gasteiger partial charge is 0.121 e. The first kappa shape index (κ1) is 10.8. The van der Waals surface area contributed by atoms with Gasteiger partial charge in [0.15, 0.2) is 0 Å². The molecule has 1 aromatic carbocycles. The van der Waals surface area contributed by atoms with E-state index in [1.54, 1.807) is 0 Å². The van der Waals surface area contributed by atoms with Gasteiger partial charge in [0.2, 0.25) is 0 Å². The predicted molar refractivity (Wildman–Crippen MR) is 70.5 cm³/mol. The number of hydrogen-bond donors (Lipinski definition) is 1. The summed E-state index contributed by atoms with van der Waals surface area (Å²) in [5.74, 6) is 1.76. The second-order valence-corrected chi connectivity index (χ2v) is 5.17. The van der Waals surface area contributed by atoms with Crippen LogP contribution >= 0.6 is 0 Å². The molecule has 0 atom stereocenters. The van der Waals surface area contributed by atoms with Crippen LogP contribution in [0.5, 0.6) is 5.75 Å². The van der Waals surface area contributed by atoms with E-state index in [-0.39, 0.29) is 0 Å². The van der Waals surface area contributed by atoms with Crippen LogP contribution in [0.4, 0.5) is 11.4 Å². The van der Waals surface area contributed by atoms with Crippen molar-refractivity contribution in [2.24, 2.45) is 5.92 Å². The summed E-state index contributed by atoms with van der Waals surface area (Å²) in [6, 6.07) is 6.05. The summed E-state index contributed by atoms with van der Waals surface area (Å²) in [5.41, 5.74) is 8.06. The van der Waals surface area contributed by atoms with Gasteiger partial charge >= 0.3 is 0 Å². The summed E-state index contributed by atoms with van der Waals surface area (Å²) in [5, 5.41) is 0. The molecule has 2 N–H and O–H groups in total. The number of ether oxygens (including phenoxy) is 1. The highest BCUT2D eigenvalue weighted by atomic mass is 16.5. The van der Waals surface area contributed by atoms with Crippen molar-refractivity contribution < 1.29 is 4.74 Å². The van der Waals surface area contributed by atoms with Gasteiger partial charge in [-0.25, -0.2) is 0 Å². The van der Waals surface area contributed by atoms with Crippen LogP contribution in [0.1, 0.15) is 25.7 Å². The van der Waals surface area contributed by atoms with E-state index in [2.05, 4.69) is 11.0 Å². The first-order valence-electron chi connectivity index (χ1n) is 6.60. The second-order valence-electron chi connectivity index (χ2n) is 5.17. The van der Waals surface area contributed by atoms with Gasteiger partial charge in [0, 0.05) is 19.2 Å². The highest BCUT2D eigenvalue weighted by Crippen LogP contribution is 2.33. The minimum absolute atomic E-state index is 0.794. The van der Waals surface area contributed by atoms with Crippen LogP contribution in [-0.4, -0.2) is 19.7 Å². The molecule has 1 heterocycles. The van der Waals surface area contributed by atoms with Crippen LogP contribution in [0.25, 0.3) is 0 Å². The molecule has 0 unspecified atom stereocenters. The number of nitrogens with two attached hydrogens (primary N) is 1. The Bertz CT molecular complexity index is 395. The Labute approximate surface area is 103 Å². The molecule has 92 valence electrons. The normalized spacial score (nSPS) is 19.6. The zero-order chi connectivity index (χ0) is 11.7. The van der Waals surface area contributed by atoms with Crippen molar-refractivity contribution in [1.29, 1.82) is 0 Å². The fourth-order valence-electron chi connectivity index (χ4n) is 2.34. The number of benzene rings is 1. The molecule has 2 fully saturated rings. The van der Waals surface area contributed by atoms with E-state index in [1.807, 2.05) is 12.1 Å². The standard InChI is InChI=1S/C14H20N2O/c15-13-6-5-12(17-10-11-3-4-11)9-14(13)16-7-1-2-8-16/h5-6,9,11H,1-4,7-8,10,15H2. The molecule has 3 heteroatoms. The van der Waals surface area contributed by atoms with E-state index in [0.29, 0.717) is 0 Å². The lowest BCUT2D eigenvalue weighted by Crippen LogP contribution is -2.19. The molecule has 0 bridgehead atoms. The summed E-state index contributed by atoms with van der Waals surface area (Å²) in [4.78, 5) is 2.36. The molecule has 3 rings (SSSR count). The third-order valence-corrected chi connectivity index (χ3v) is 3.63. The summed E-state index contributed by atoms with van der Waals surface area (Å²) in [6.45, 7) is 3.11. The minimum atomic E-state index is 0.794. The van der Waals surface area contributed by atoms with Crippen molar-refractivity contribution in [2.75, 3.05) is 30.3 Å². The maximum absolute atomic E-state index is 6.04. The fraction of sp³-hybridized carbons (Fsp3) is 0.571. The molecular weight excluding hydrogens is 212 g/mol. The van der Waals surface area contributed by atoms with Crippen LogP contribution in [0.3, 0.4) is 0 Å². The Balaban J connectivity index is 1.73. The largest absolute Gasteiger partial charge is 0.493 e. The van der Waals surface area contributed by atoms with Crippen LogP contribution in [0, 0.1) is 5.92 Å². The Morgan fingerprint density at radius 2 is 2.00 bits per heavy atom. The van der Waals surface area contributed by atoms with Crippen molar-refractivity contribution >= 4 is 11.4 Å². The Hall–Kier alpha value is -1.38. The zero-order valence-electron chi connectivity index (χ0n) is 10.2. The number of hydrogen-bond acceptors (Lipinski definition) is 3. The van der Waals surface area contributed by atoms with Gasteiger partial charge in [0.1, 0.15) is 5.75 Å². The number of nitrogen functional groups attached to an aromatic ring is 1. The molecule has 2 aliphatic rings. The molecule has 1 saturated heterocycles. The van der Waals surface area contributed by atoms with Crippen molar-refractivity contribution in [1.82, 2.24) is 0 Å². The lowest BCUT2D eigenvalue weighted by Gasteiger charge is -2.20. The van der Waals surface area contributed by atoms with Crippen LogP contribution in [0.15, 0.2) is 18.2 Å². The molecule has 1 aliphatic carbocycles. The summed E-state index contributed by atoms with van der Waals surface area (Å²) < 4.78 is 5.80. The van der Waals surface area contributed by atoms with E-state index >= 15 is 0 Å². The Morgan fingerprint density at radius 1 is 1.24 bits per heavy atom. The molecule has 0 spiro atoms. The second kappa shape index (κ2) is 4.47. The molecule has 3 nitrogen and oxygen atoms in total. The van der Waals surface area contributed by atoms with E-state index in [9.17, 15) is 0 Å². The third kappa shape index (κ3) is 2.48. The molecule has 0 aromatic heterocycles. The Kier molecular flexibility index (Phi) is 2.83. The van der Waals surface area contributed by atoms with Gasteiger partial charge in [-0.3, -0.25) is 0 Å². The summed E-state index contributed by atoms with van der Waals surface area (Å²) >= 11 is 0. The Morgan fingerprint density at radius 3 is 2.71 bits per heavy atom. The third-order valence-electron chi connectivity index (χ3n) is 3.63. The van der Waals surface area contributed by atoms with E-state index in [0.717, 1.165) is 42.7 Å². The molecule has 17 heavy (non-hydrogen) atoms. The van der Waals surface area contributed by atoms with Gasteiger partial charge < -0.3 is 15.4 Å². The molecule has 1 saturated carbocycles. The number of rotatable bonds is 4. The van der Waals surface area contributed by atoms with Crippen molar-refractivity contribution in [2.45, 2.75) is 25.7 Å². The van der Waals surface area contributed by atoms with Gasteiger partial charge in [-0.15, -0.1) is 0 Å². The van der Waals surface area contributed by atoms with Crippen molar-refractivity contribution in [3.05, 3.63) is 18.2 Å². The number of anilines is 2. The summed E-state index contributed by atoms with van der Waals surface area (Å²) in [7, 11) is 0. The van der Waals surface area contributed by atoms with Crippen LogP contribution < -0.4 is 15.4 Å². The summed E-state index contributed by atoms with van der Waals surface area (Å²) in [6.07, 6.45) is 5.20. The highest BCUT2D eigenvalue weighted by molar-refractivity contribution is 5.70. The average Bonchev–Trinajstić information content (AvgIpc) is 3.01. The van der Waals surface area contributed by atoms with Gasteiger partial charge in [0.05, 0.1) is 18.0 Å². The van der Waals surface area contributed by atoms with E-state index in [1.165, 1.54) is 25.7 Å². The predicted octanol–water partition coefficient (Wildman–Crippen LogP) is 2.66. The van der Waals surface area contributed by atoms with Crippen molar-refractivity contribution in [3.63, 3.8) is 0 Å². The number of nitrogens with zero attached hydrogens (tertiary/aromatic N) is 1. The zero-order valence-corrected chi connectivity index (χ0v) is 10.2. The molecular formula is C14H20N2O. The first-order chi connectivity index (χ1) is 8.33. The first-order valence-corrected chi connectivity index (χ1v) is 6.60. The van der Waals surface area contributed by atoms with Gasteiger partial charge in [-0.05, 0) is 43.7 Å². The van der Waals surface area contributed by atoms with Crippen molar-refractivity contribution in [3.8, 4) is 5.75 Å². The maximum Gasteiger partial charge on any atom is 0.121 e. The molecule has 1 aromatic rings. The van der Waals surface area contributed by atoms with Gasteiger partial charge in [0.25, 0.3) is 0 Å². The van der Waals surface area contributed by atoms with E-state index in [4.69, 9.17) is 10.5 Å². The molecule has 1 aliphatic heterocycles. The molecule has 0 radical (unpaired) electrons.